The molecule has 0 aliphatic carbocycles. The zero-order valence-electron chi connectivity index (χ0n) is 9.86. The molecule has 2 aromatic rings. The van der Waals surface area contributed by atoms with Crippen LogP contribution in [0.3, 0.4) is 0 Å². The molecule has 1 heterocycles. The van der Waals surface area contributed by atoms with Crippen LogP contribution < -0.4 is 10.6 Å². The second kappa shape index (κ2) is 6.54. The first kappa shape index (κ1) is 13.8. The van der Waals surface area contributed by atoms with Crippen molar-refractivity contribution in [2.45, 2.75) is 0 Å². The van der Waals surface area contributed by atoms with Gasteiger partial charge in [-0.3, -0.25) is 4.79 Å². The van der Waals surface area contributed by atoms with Crippen molar-refractivity contribution in [3.8, 4) is 0 Å². The van der Waals surface area contributed by atoms with Crippen LogP contribution in [-0.2, 0) is 4.79 Å². The Labute approximate surface area is 124 Å². The predicted octanol–water partition coefficient (Wildman–Crippen LogP) is 3.55. The monoisotopic (exact) mass is 339 g/mol. The SMILES string of the molecule is O=C(CNc1ccc(Br)cc1)Nc1ccc(Cl)cn1. The van der Waals surface area contributed by atoms with Crippen LogP contribution in [0.15, 0.2) is 47.1 Å². The Kier molecular flexibility index (Phi) is 4.76. The van der Waals surface area contributed by atoms with Crippen LogP contribution in [0.1, 0.15) is 0 Å². The highest BCUT2D eigenvalue weighted by molar-refractivity contribution is 9.10. The minimum atomic E-state index is -0.169. The van der Waals surface area contributed by atoms with E-state index in [1.165, 1.54) is 6.20 Å². The number of hydrogen-bond donors (Lipinski definition) is 2. The molecule has 1 amide bonds. The van der Waals surface area contributed by atoms with Gasteiger partial charge in [0.05, 0.1) is 11.6 Å². The Balaban J connectivity index is 1.84. The van der Waals surface area contributed by atoms with Gasteiger partial charge in [-0.25, -0.2) is 4.98 Å². The first-order valence-corrected chi connectivity index (χ1v) is 6.71. The van der Waals surface area contributed by atoms with Crippen LogP contribution in [0.25, 0.3) is 0 Å². The van der Waals surface area contributed by atoms with E-state index in [-0.39, 0.29) is 12.5 Å². The topological polar surface area (TPSA) is 54.0 Å². The van der Waals surface area contributed by atoms with Crippen molar-refractivity contribution in [1.29, 1.82) is 0 Å². The van der Waals surface area contributed by atoms with Gasteiger partial charge in [0.2, 0.25) is 5.91 Å². The summed E-state index contributed by atoms with van der Waals surface area (Å²) in [7, 11) is 0. The van der Waals surface area contributed by atoms with Crippen LogP contribution in [0, 0.1) is 0 Å². The second-order valence-electron chi connectivity index (χ2n) is 3.77. The average Bonchev–Trinajstić information content (AvgIpc) is 2.41. The van der Waals surface area contributed by atoms with Gasteiger partial charge in [-0.05, 0) is 36.4 Å². The van der Waals surface area contributed by atoms with Gasteiger partial charge in [-0.1, -0.05) is 27.5 Å². The Morgan fingerprint density at radius 3 is 2.58 bits per heavy atom. The van der Waals surface area contributed by atoms with E-state index in [1.807, 2.05) is 24.3 Å². The molecule has 98 valence electrons. The molecule has 0 aliphatic heterocycles. The Bertz CT molecular complexity index is 557. The third kappa shape index (κ3) is 4.54. The average molecular weight is 341 g/mol. The minimum Gasteiger partial charge on any atom is -0.376 e. The second-order valence-corrected chi connectivity index (χ2v) is 5.12. The first-order valence-electron chi connectivity index (χ1n) is 5.54. The smallest absolute Gasteiger partial charge is 0.244 e. The molecule has 6 heteroatoms. The molecule has 2 rings (SSSR count). The van der Waals surface area contributed by atoms with Crippen LogP contribution in [0.5, 0.6) is 0 Å². The molecule has 2 N–H and O–H groups in total. The van der Waals surface area contributed by atoms with Gasteiger partial charge in [0.15, 0.2) is 0 Å². The fourth-order valence-corrected chi connectivity index (χ4v) is 1.76. The van der Waals surface area contributed by atoms with Crippen molar-refractivity contribution in [3.05, 3.63) is 52.1 Å². The lowest BCUT2D eigenvalue weighted by Crippen LogP contribution is -2.22. The highest BCUT2D eigenvalue weighted by Gasteiger charge is 2.03. The molecule has 1 aromatic carbocycles. The van der Waals surface area contributed by atoms with Crippen molar-refractivity contribution in [2.75, 3.05) is 17.2 Å². The molecule has 0 fully saturated rings. The molecule has 0 aliphatic rings. The summed E-state index contributed by atoms with van der Waals surface area (Å²) in [6.45, 7) is 0.173. The molecule has 4 nitrogen and oxygen atoms in total. The summed E-state index contributed by atoms with van der Waals surface area (Å²) in [6, 6.07) is 10.9. The van der Waals surface area contributed by atoms with Gasteiger partial charge in [0.25, 0.3) is 0 Å². The Morgan fingerprint density at radius 2 is 1.95 bits per heavy atom. The molecule has 1 aromatic heterocycles. The van der Waals surface area contributed by atoms with Crippen molar-refractivity contribution in [1.82, 2.24) is 4.98 Å². The summed E-state index contributed by atoms with van der Waals surface area (Å²) in [5.41, 5.74) is 0.877. The lowest BCUT2D eigenvalue weighted by Gasteiger charge is -2.07. The summed E-state index contributed by atoms with van der Waals surface area (Å²) in [6.07, 6.45) is 1.49. The van der Waals surface area contributed by atoms with Crippen LogP contribution in [-0.4, -0.2) is 17.4 Å². The van der Waals surface area contributed by atoms with Crippen molar-refractivity contribution < 1.29 is 4.79 Å². The molecule has 0 bridgehead atoms. The van der Waals surface area contributed by atoms with Crippen LogP contribution >= 0.6 is 27.5 Å². The van der Waals surface area contributed by atoms with E-state index in [1.54, 1.807) is 12.1 Å². The van der Waals surface area contributed by atoms with Crippen molar-refractivity contribution in [3.63, 3.8) is 0 Å². The van der Waals surface area contributed by atoms with E-state index in [0.717, 1.165) is 10.2 Å². The van der Waals surface area contributed by atoms with E-state index in [4.69, 9.17) is 11.6 Å². The first-order chi connectivity index (χ1) is 9.13. The molecule has 0 saturated carbocycles. The zero-order chi connectivity index (χ0) is 13.7. The third-order valence-electron chi connectivity index (χ3n) is 2.29. The summed E-state index contributed by atoms with van der Waals surface area (Å²) >= 11 is 9.06. The fourth-order valence-electron chi connectivity index (χ4n) is 1.39. The summed E-state index contributed by atoms with van der Waals surface area (Å²) in [4.78, 5) is 15.7. The number of pyridine rings is 1. The lowest BCUT2D eigenvalue weighted by atomic mass is 10.3. The number of nitrogens with zero attached hydrogens (tertiary/aromatic N) is 1. The number of halogens is 2. The number of benzene rings is 1. The molecule has 19 heavy (non-hydrogen) atoms. The van der Waals surface area contributed by atoms with Gasteiger partial charge < -0.3 is 10.6 Å². The number of carbonyl (C=O) groups is 1. The highest BCUT2D eigenvalue weighted by Crippen LogP contribution is 2.14. The summed E-state index contributed by atoms with van der Waals surface area (Å²) in [5, 5.41) is 6.22. The number of carbonyl (C=O) groups excluding carboxylic acids is 1. The highest BCUT2D eigenvalue weighted by atomic mass is 79.9. The maximum atomic E-state index is 11.7. The van der Waals surface area contributed by atoms with Crippen LogP contribution in [0.2, 0.25) is 5.02 Å². The van der Waals surface area contributed by atoms with E-state index in [2.05, 4.69) is 31.5 Å². The quantitative estimate of drug-likeness (QED) is 0.895. The Hall–Kier alpha value is -1.59. The fraction of sp³-hybridized carbons (Fsp3) is 0.0769. The number of nitrogens with one attached hydrogen (secondary N) is 2. The molecule has 0 atom stereocenters. The largest absolute Gasteiger partial charge is 0.376 e. The van der Waals surface area contributed by atoms with Crippen LogP contribution in [0.4, 0.5) is 11.5 Å². The number of aromatic nitrogens is 1. The number of hydrogen-bond acceptors (Lipinski definition) is 3. The van der Waals surface area contributed by atoms with E-state index >= 15 is 0 Å². The lowest BCUT2D eigenvalue weighted by molar-refractivity contribution is -0.114. The maximum Gasteiger partial charge on any atom is 0.244 e. The number of amides is 1. The molecule has 0 saturated heterocycles. The Morgan fingerprint density at radius 1 is 1.21 bits per heavy atom. The van der Waals surface area contributed by atoms with Crippen molar-refractivity contribution in [2.24, 2.45) is 0 Å². The standard InChI is InChI=1S/C13H11BrClN3O/c14-9-1-4-11(5-2-9)16-8-13(19)18-12-6-3-10(15)7-17-12/h1-7,16H,8H2,(H,17,18,19). The van der Waals surface area contributed by atoms with Crippen molar-refractivity contribution >= 4 is 44.9 Å². The maximum absolute atomic E-state index is 11.7. The zero-order valence-corrected chi connectivity index (χ0v) is 12.2. The normalized spacial score (nSPS) is 10.0. The van der Waals surface area contributed by atoms with E-state index in [0.29, 0.717) is 10.8 Å². The molecule has 0 unspecified atom stereocenters. The van der Waals surface area contributed by atoms with Gasteiger partial charge in [0.1, 0.15) is 5.82 Å². The van der Waals surface area contributed by atoms with Gasteiger partial charge in [0, 0.05) is 16.4 Å². The molecule has 0 radical (unpaired) electrons. The van der Waals surface area contributed by atoms with Gasteiger partial charge in [-0.15, -0.1) is 0 Å². The molecular formula is C13H11BrClN3O. The third-order valence-corrected chi connectivity index (χ3v) is 3.04. The van der Waals surface area contributed by atoms with E-state index in [9.17, 15) is 4.79 Å². The molecular weight excluding hydrogens is 330 g/mol. The summed E-state index contributed by atoms with van der Waals surface area (Å²) in [5.74, 6) is 0.310. The predicted molar refractivity (Wildman–Crippen MR) is 80.5 cm³/mol. The number of rotatable bonds is 4. The van der Waals surface area contributed by atoms with Gasteiger partial charge in [-0.2, -0.15) is 0 Å². The number of anilines is 2. The summed E-state index contributed by atoms with van der Waals surface area (Å²) < 4.78 is 0.993. The van der Waals surface area contributed by atoms with E-state index < -0.39 is 0 Å². The minimum absolute atomic E-state index is 0.169. The van der Waals surface area contributed by atoms with Gasteiger partial charge >= 0.3 is 0 Å². The molecule has 0 spiro atoms.